The largest absolute Gasteiger partial charge is 0.494 e. The van der Waals surface area contributed by atoms with Gasteiger partial charge >= 0.3 is 0 Å². The lowest BCUT2D eigenvalue weighted by molar-refractivity contribution is 0.172. The molecule has 2 heterocycles. The van der Waals surface area contributed by atoms with E-state index in [0.29, 0.717) is 23.2 Å². The molecule has 0 unspecified atom stereocenters. The minimum Gasteiger partial charge on any atom is -0.494 e. The van der Waals surface area contributed by atoms with Gasteiger partial charge in [-0.15, -0.1) is 10.2 Å². The fraction of sp³-hybridized carbons (Fsp3) is 0.387. The summed E-state index contributed by atoms with van der Waals surface area (Å²) in [6.45, 7) is 7.43. The molecule has 0 spiro atoms. The maximum absolute atomic E-state index is 14.7. The SMILES string of the molecule is COc1cccc(-c2nnc(N(CC[Si](C)(C)C)S(=O)(=O)[C@@H](C)[C@H](O)c3ccc(F)cc3S(C)(=O)=O)n2-c2c(OC)cccc2OC)n1. The van der Waals surface area contributed by atoms with Crippen LogP contribution in [-0.4, -0.2) is 89.1 Å². The number of benzene rings is 2. The second-order valence-electron chi connectivity index (χ2n) is 12.3. The van der Waals surface area contributed by atoms with Gasteiger partial charge in [-0.25, -0.2) is 30.5 Å². The second-order valence-corrected chi connectivity index (χ2v) is 22.1. The van der Waals surface area contributed by atoms with Crippen LogP contribution in [0.25, 0.3) is 17.2 Å². The van der Waals surface area contributed by atoms with E-state index in [2.05, 4.69) is 34.8 Å². The third-order valence-electron chi connectivity index (χ3n) is 7.64. The fourth-order valence-corrected chi connectivity index (χ4v) is 8.55. The van der Waals surface area contributed by atoms with Gasteiger partial charge in [-0.05, 0) is 43.3 Å². The molecule has 4 aromatic rings. The lowest BCUT2D eigenvalue weighted by atomic mass is 10.1. The Morgan fingerprint density at radius 1 is 0.938 bits per heavy atom. The molecule has 0 aliphatic rings. The summed E-state index contributed by atoms with van der Waals surface area (Å²) in [5.41, 5.74) is 0.316. The molecule has 0 amide bonds. The predicted molar refractivity (Wildman–Crippen MR) is 183 cm³/mol. The van der Waals surface area contributed by atoms with Gasteiger partial charge in [0.1, 0.15) is 33.9 Å². The number of hydrogen-bond acceptors (Lipinski definition) is 11. The first-order chi connectivity index (χ1) is 22.4. The van der Waals surface area contributed by atoms with Gasteiger partial charge in [0.05, 0.1) is 32.3 Å². The van der Waals surface area contributed by atoms with Gasteiger partial charge in [0.2, 0.25) is 21.9 Å². The summed E-state index contributed by atoms with van der Waals surface area (Å²) in [7, 11) is -6.19. The van der Waals surface area contributed by atoms with Crippen LogP contribution in [0.1, 0.15) is 18.6 Å². The summed E-state index contributed by atoms with van der Waals surface area (Å²) in [6.07, 6.45) is -1.01. The molecule has 2 atom stereocenters. The van der Waals surface area contributed by atoms with E-state index in [1.807, 2.05) is 0 Å². The summed E-state index contributed by atoms with van der Waals surface area (Å²) in [5, 5.41) is 18.6. The van der Waals surface area contributed by atoms with Crippen LogP contribution in [0.5, 0.6) is 17.4 Å². The zero-order valence-electron chi connectivity index (χ0n) is 28.0. The Morgan fingerprint density at radius 2 is 1.56 bits per heavy atom. The highest BCUT2D eigenvalue weighted by atomic mass is 32.2. The highest BCUT2D eigenvalue weighted by Crippen LogP contribution is 2.40. The van der Waals surface area contributed by atoms with Gasteiger partial charge in [0.15, 0.2) is 15.7 Å². The Labute approximate surface area is 281 Å². The average Bonchev–Trinajstić information content (AvgIpc) is 3.46. The summed E-state index contributed by atoms with van der Waals surface area (Å²) in [5.74, 6) is 0.00874. The minimum absolute atomic E-state index is 0.0569. The summed E-state index contributed by atoms with van der Waals surface area (Å²) in [4.78, 5) is 3.99. The number of nitrogens with zero attached hydrogens (tertiary/aromatic N) is 5. The molecule has 48 heavy (non-hydrogen) atoms. The van der Waals surface area contributed by atoms with Crippen LogP contribution in [0, 0.1) is 5.82 Å². The van der Waals surface area contributed by atoms with Crippen LogP contribution in [0.15, 0.2) is 59.5 Å². The minimum atomic E-state index is -4.58. The molecule has 0 fully saturated rings. The number of para-hydroxylation sites is 1. The number of ether oxygens (including phenoxy) is 3. The molecule has 13 nitrogen and oxygen atoms in total. The molecular weight excluding hydrogens is 682 g/mol. The molecule has 260 valence electrons. The molecule has 0 aliphatic heterocycles. The van der Waals surface area contributed by atoms with Crippen LogP contribution < -0.4 is 18.5 Å². The maximum atomic E-state index is 14.7. The van der Waals surface area contributed by atoms with E-state index in [0.717, 1.165) is 28.8 Å². The van der Waals surface area contributed by atoms with Gasteiger partial charge in [-0.1, -0.05) is 37.8 Å². The number of sulfone groups is 1. The summed E-state index contributed by atoms with van der Waals surface area (Å²) >= 11 is 0. The summed E-state index contributed by atoms with van der Waals surface area (Å²) in [6, 6.07) is 13.3. The van der Waals surface area contributed by atoms with Crippen LogP contribution in [-0.2, 0) is 19.9 Å². The second kappa shape index (κ2) is 14.2. The van der Waals surface area contributed by atoms with Crippen LogP contribution in [0.3, 0.4) is 0 Å². The number of aromatic nitrogens is 4. The van der Waals surface area contributed by atoms with Gasteiger partial charge in [-0.2, -0.15) is 0 Å². The van der Waals surface area contributed by atoms with E-state index in [1.165, 1.54) is 32.8 Å². The number of hydrogen-bond donors (Lipinski definition) is 1. The van der Waals surface area contributed by atoms with Crippen molar-refractivity contribution in [3.8, 4) is 34.6 Å². The molecule has 2 aromatic carbocycles. The van der Waals surface area contributed by atoms with Gasteiger partial charge in [-0.3, -0.25) is 4.57 Å². The molecule has 0 saturated heterocycles. The Balaban J connectivity index is 2.02. The van der Waals surface area contributed by atoms with Crippen molar-refractivity contribution >= 4 is 33.9 Å². The highest BCUT2D eigenvalue weighted by molar-refractivity contribution is 7.93. The number of anilines is 1. The van der Waals surface area contributed by atoms with Gasteiger partial charge in [0.25, 0.3) is 0 Å². The van der Waals surface area contributed by atoms with E-state index in [-0.39, 0.29) is 35.4 Å². The maximum Gasteiger partial charge on any atom is 0.246 e. The average molecular weight is 722 g/mol. The Hall–Kier alpha value is -4.06. The van der Waals surface area contributed by atoms with E-state index < -0.39 is 50.0 Å². The number of aliphatic hydroxyl groups excluding tert-OH is 1. The normalized spacial score (nSPS) is 13.5. The number of rotatable bonds is 14. The number of halogens is 1. The molecule has 4 rings (SSSR count). The van der Waals surface area contributed by atoms with Crippen molar-refractivity contribution in [3.05, 3.63) is 66.0 Å². The first-order valence-electron chi connectivity index (χ1n) is 14.8. The number of methoxy groups -OCH3 is 3. The van der Waals surface area contributed by atoms with Crippen molar-refractivity contribution in [2.24, 2.45) is 0 Å². The molecule has 2 aromatic heterocycles. The van der Waals surface area contributed by atoms with Crippen molar-refractivity contribution in [2.45, 2.75) is 48.9 Å². The van der Waals surface area contributed by atoms with Crippen molar-refractivity contribution < 1.29 is 40.5 Å². The van der Waals surface area contributed by atoms with E-state index in [9.17, 15) is 26.3 Å². The monoisotopic (exact) mass is 721 g/mol. The Kier molecular flexibility index (Phi) is 10.9. The van der Waals surface area contributed by atoms with Crippen LogP contribution in [0.4, 0.5) is 10.3 Å². The van der Waals surface area contributed by atoms with Crippen molar-refractivity contribution in [1.82, 2.24) is 19.7 Å². The van der Waals surface area contributed by atoms with Crippen molar-refractivity contribution in [1.29, 1.82) is 0 Å². The lowest BCUT2D eigenvalue weighted by Crippen LogP contribution is -2.44. The number of sulfonamides is 1. The molecule has 0 aliphatic carbocycles. The highest BCUT2D eigenvalue weighted by Gasteiger charge is 2.40. The van der Waals surface area contributed by atoms with Crippen LogP contribution >= 0.6 is 0 Å². The molecule has 0 bridgehead atoms. The first-order valence-corrected chi connectivity index (χ1v) is 21.9. The van der Waals surface area contributed by atoms with Crippen molar-refractivity contribution in [3.63, 3.8) is 0 Å². The molecule has 17 heteroatoms. The predicted octanol–water partition coefficient (Wildman–Crippen LogP) is 4.49. The van der Waals surface area contributed by atoms with E-state index in [4.69, 9.17) is 14.2 Å². The van der Waals surface area contributed by atoms with E-state index in [1.54, 1.807) is 36.4 Å². The third-order valence-corrected chi connectivity index (χ3v) is 12.7. The topological polar surface area (TPSA) is 163 Å². The Bertz CT molecular complexity index is 1980. The number of pyridine rings is 1. The van der Waals surface area contributed by atoms with E-state index >= 15 is 0 Å². The molecule has 0 radical (unpaired) electrons. The summed E-state index contributed by atoms with van der Waals surface area (Å²) < 4.78 is 87.9. The smallest absolute Gasteiger partial charge is 0.246 e. The van der Waals surface area contributed by atoms with Gasteiger partial charge in [0, 0.05) is 32.5 Å². The van der Waals surface area contributed by atoms with Crippen molar-refractivity contribution in [2.75, 3.05) is 38.4 Å². The zero-order chi connectivity index (χ0) is 35.6. The molecule has 1 N–H and O–H groups in total. The Morgan fingerprint density at radius 3 is 2.12 bits per heavy atom. The number of aliphatic hydroxyl groups is 1. The van der Waals surface area contributed by atoms with Gasteiger partial charge < -0.3 is 19.3 Å². The first kappa shape index (κ1) is 36.8. The quantitative estimate of drug-likeness (QED) is 0.183. The zero-order valence-corrected chi connectivity index (χ0v) is 30.6. The fourth-order valence-electron chi connectivity index (χ4n) is 4.98. The standard InChI is InChI=1S/C31H40FN5O8S2Si/c1-20(29(38)22-16-15-21(32)19-26(22)46(5,39)40)47(41,42)36(17-18-48(6,7)8)31-35-34-30(23-11-9-14-27(33-23)45-4)37(31)28-24(43-2)12-10-13-25(28)44-3/h9-16,19-20,29,38H,17-18H2,1-8H3/t20-,29-/m0/s1. The molecular formula is C31H40FN5O8S2Si. The third kappa shape index (κ3) is 7.64. The molecule has 0 saturated carbocycles. The lowest BCUT2D eigenvalue weighted by Gasteiger charge is -2.31. The van der Waals surface area contributed by atoms with Crippen LogP contribution in [0.2, 0.25) is 25.7 Å².